The number of nitrogens with one attached hydrogen (secondary N) is 1. The first-order valence-electron chi connectivity index (χ1n) is 20.9. The Bertz CT molecular complexity index is 1550. The highest BCUT2D eigenvalue weighted by Crippen LogP contribution is 2.15. The first-order valence-corrected chi connectivity index (χ1v) is 22.6. The molecule has 0 saturated carbocycles. The van der Waals surface area contributed by atoms with Crippen molar-refractivity contribution < 1.29 is 74.8 Å². The Morgan fingerprint density at radius 2 is 0.806 bits per heavy atom. The zero-order chi connectivity index (χ0) is 44.6. The highest BCUT2D eigenvalue weighted by molar-refractivity contribution is 7.91. The van der Waals surface area contributed by atoms with Gasteiger partial charge in [0.1, 0.15) is 6.61 Å². The maximum Gasteiger partial charge on any atom is 0.251 e. The van der Waals surface area contributed by atoms with E-state index in [1.54, 1.807) is 24.3 Å². The molecule has 18 heteroatoms. The lowest BCUT2D eigenvalue weighted by Gasteiger charge is -2.09. The molecule has 2 rings (SSSR count). The van der Waals surface area contributed by atoms with Crippen molar-refractivity contribution in [2.45, 2.75) is 18.2 Å². The van der Waals surface area contributed by atoms with Gasteiger partial charge >= 0.3 is 0 Å². The highest BCUT2D eigenvalue weighted by atomic mass is 32.2. The second-order valence-electron chi connectivity index (χ2n) is 13.1. The summed E-state index contributed by atoms with van der Waals surface area (Å²) < 4.78 is 90.3. The van der Waals surface area contributed by atoms with E-state index in [2.05, 4.69) is 11.2 Å². The Labute approximate surface area is 367 Å². The van der Waals surface area contributed by atoms with E-state index in [4.69, 9.17) is 63.3 Å². The van der Waals surface area contributed by atoms with Crippen LogP contribution in [0.15, 0.2) is 53.4 Å². The van der Waals surface area contributed by atoms with Crippen molar-refractivity contribution in [3.63, 3.8) is 0 Å². The van der Waals surface area contributed by atoms with Gasteiger partial charge in [-0.15, -0.1) is 6.42 Å². The van der Waals surface area contributed by atoms with Gasteiger partial charge in [0.2, 0.25) is 0 Å². The van der Waals surface area contributed by atoms with Gasteiger partial charge in [-0.25, -0.2) is 8.42 Å². The van der Waals surface area contributed by atoms with Crippen LogP contribution in [0.2, 0.25) is 0 Å². The third-order valence-corrected chi connectivity index (χ3v) is 9.99. The molecule has 0 radical (unpaired) electrons. The monoisotopic (exact) mass is 897 g/mol. The van der Waals surface area contributed by atoms with Crippen molar-refractivity contribution in [1.82, 2.24) is 5.32 Å². The number of aryl methyl sites for hydroxylation is 1. The SMILES string of the molecule is C#CCOCCOCCOCCOCCOCCOCCOCCOCCOCCOCCOCCOCCNC(=O)c1ccc(C(=O)CCS(=O)(=O)c2ccc(C)cc2)cc1. The maximum absolute atomic E-state index is 12.6. The number of benzene rings is 2. The molecule has 0 aliphatic carbocycles. The quantitative estimate of drug-likeness (QED) is 0.0580. The summed E-state index contributed by atoms with van der Waals surface area (Å²) in [6.45, 7) is 13.0. The first-order chi connectivity index (χ1) is 30.3. The Kier molecular flexibility index (Phi) is 33.6. The van der Waals surface area contributed by atoms with Crippen molar-refractivity contribution in [1.29, 1.82) is 0 Å². The molecule has 0 atom stereocenters. The number of hydrogen-bond acceptors (Lipinski definition) is 16. The van der Waals surface area contributed by atoms with Gasteiger partial charge in [-0.2, -0.15) is 0 Å². The van der Waals surface area contributed by atoms with Crippen molar-refractivity contribution in [2.24, 2.45) is 0 Å². The average molecular weight is 898 g/mol. The third kappa shape index (κ3) is 29.8. The number of sulfone groups is 1. The molecular formula is C44H67NO16S. The van der Waals surface area contributed by atoms with E-state index >= 15 is 0 Å². The highest BCUT2D eigenvalue weighted by Gasteiger charge is 2.17. The maximum atomic E-state index is 12.6. The average Bonchev–Trinajstić information content (AvgIpc) is 3.28. The summed E-state index contributed by atoms with van der Waals surface area (Å²) in [5, 5.41) is 2.76. The lowest BCUT2D eigenvalue weighted by Crippen LogP contribution is -2.27. The Morgan fingerprint density at radius 3 is 1.16 bits per heavy atom. The number of terminal acetylenes is 1. The fraction of sp³-hybridized carbons (Fsp3) is 0.636. The van der Waals surface area contributed by atoms with Crippen molar-refractivity contribution in [3.8, 4) is 12.3 Å². The van der Waals surface area contributed by atoms with Crippen molar-refractivity contribution in [2.75, 3.05) is 171 Å². The molecule has 350 valence electrons. The van der Waals surface area contributed by atoms with Crippen LogP contribution in [0.1, 0.15) is 32.7 Å². The molecule has 0 bridgehead atoms. The van der Waals surface area contributed by atoms with Crippen LogP contribution in [0, 0.1) is 19.3 Å². The van der Waals surface area contributed by atoms with Crippen molar-refractivity contribution in [3.05, 3.63) is 65.2 Å². The number of carbonyl (C=O) groups excluding carboxylic acids is 2. The number of ether oxygens (including phenoxy) is 12. The largest absolute Gasteiger partial charge is 0.377 e. The van der Waals surface area contributed by atoms with Crippen molar-refractivity contribution >= 4 is 21.5 Å². The van der Waals surface area contributed by atoms with Gasteiger partial charge in [-0.1, -0.05) is 35.7 Å². The number of Topliss-reactive ketones (excluding diaryl/α,β-unsaturated/α-hetero) is 1. The fourth-order valence-corrected chi connectivity index (χ4v) is 6.17. The standard InChI is InChI=1S/C44H67NO16S/c1-3-14-50-16-18-52-20-22-54-24-26-56-28-30-58-32-34-60-36-37-61-35-33-59-31-29-57-27-25-55-23-21-53-19-17-51-15-13-45-44(47)41-8-6-40(7-9-41)43(46)12-38-62(48,49)42-10-4-39(2)5-11-42/h1,4-11H,12-38H2,2H3,(H,45,47). The van der Waals surface area contributed by atoms with E-state index in [-0.39, 0.29) is 28.8 Å². The van der Waals surface area contributed by atoms with Crippen LogP contribution in [0.4, 0.5) is 0 Å². The predicted octanol–water partition coefficient (Wildman–Crippen LogP) is 2.60. The minimum Gasteiger partial charge on any atom is -0.377 e. The predicted molar refractivity (Wildman–Crippen MR) is 230 cm³/mol. The van der Waals surface area contributed by atoms with E-state index in [0.29, 0.717) is 176 Å². The smallest absolute Gasteiger partial charge is 0.251 e. The van der Waals surface area contributed by atoms with Crippen LogP contribution < -0.4 is 5.32 Å². The summed E-state index contributed by atoms with van der Waals surface area (Å²) in [6.07, 6.45) is 4.93. The number of ketones is 1. The molecule has 2 aromatic carbocycles. The molecule has 17 nitrogen and oxygen atoms in total. The number of hydrogen-bond donors (Lipinski definition) is 1. The molecule has 62 heavy (non-hydrogen) atoms. The van der Waals surface area contributed by atoms with Gasteiger partial charge < -0.3 is 62.2 Å². The molecule has 1 N–H and O–H groups in total. The molecular weight excluding hydrogens is 831 g/mol. The van der Waals surface area contributed by atoms with Crippen LogP contribution in [0.3, 0.4) is 0 Å². The summed E-state index contributed by atoms with van der Waals surface area (Å²) in [5.74, 6) is 1.49. The van der Waals surface area contributed by atoms with E-state index in [1.807, 2.05) is 6.92 Å². The summed E-state index contributed by atoms with van der Waals surface area (Å²) in [6, 6.07) is 12.7. The second kappa shape index (κ2) is 38.1. The molecule has 0 heterocycles. The minimum absolute atomic E-state index is 0.152. The second-order valence-corrected chi connectivity index (χ2v) is 15.2. The molecule has 0 fully saturated rings. The van der Waals surface area contributed by atoms with E-state index < -0.39 is 9.84 Å². The molecule has 0 aliphatic rings. The third-order valence-electron chi connectivity index (χ3n) is 8.26. The molecule has 2 aromatic rings. The Morgan fingerprint density at radius 1 is 0.484 bits per heavy atom. The van der Waals surface area contributed by atoms with Crippen LogP contribution in [0.25, 0.3) is 0 Å². The Balaban J connectivity index is 1.25. The lowest BCUT2D eigenvalue weighted by molar-refractivity contribution is -0.0281. The van der Waals surface area contributed by atoms with E-state index in [0.717, 1.165) is 5.56 Å². The molecule has 0 spiro atoms. The summed E-state index contributed by atoms with van der Waals surface area (Å²) in [5.41, 5.74) is 1.68. The van der Waals surface area contributed by atoms with Crippen LogP contribution >= 0.6 is 0 Å². The van der Waals surface area contributed by atoms with Gasteiger partial charge in [0.05, 0.1) is 163 Å². The van der Waals surface area contributed by atoms with Crippen LogP contribution in [-0.4, -0.2) is 191 Å². The van der Waals surface area contributed by atoms with Gasteiger partial charge in [-0.05, 0) is 31.2 Å². The number of rotatable bonds is 43. The summed E-state index contributed by atoms with van der Waals surface area (Å²) in [4.78, 5) is 25.2. The topological polar surface area (TPSA) is 191 Å². The lowest BCUT2D eigenvalue weighted by atomic mass is 10.1. The van der Waals surface area contributed by atoms with Crippen LogP contribution in [-0.2, 0) is 66.7 Å². The molecule has 0 aliphatic heterocycles. The van der Waals surface area contributed by atoms with E-state index in [9.17, 15) is 18.0 Å². The minimum atomic E-state index is -3.57. The zero-order valence-corrected chi connectivity index (χ0v) is 37.0. The molecule has 0 aromatic heterocycles. The number of amides is 1. The Hall–Kier alpha value is -3.39. The van der Waals surface area contributed by atoms with E-state index in [1.165, 1.54) is 24.3 Å². The fourth-order valence-electron chi connectivity index (χ4n) is 4.93. The number of carbonyl (C=O) groups is 2. The van der Waals surface area contributed by atoms with Gasteiger partial charge in [0.25, 0.3) is 5.91 Å². The van der Waals surface area contributed by atoms with Gasteiger partial charge in [0, 0.05) is 24.1 Å². The zero-order valence-electron chi connectivity index (χ0n) is 36.2. The normalized spacial score (nSPS) is 11.5. The molecule has 0 unspecified atom stereocenters. The van der Waals surface area contributed by atoms with Crippen LogP contribution in [0.5, 0.6) is 0 Å². The van der Waals surface area contributed by atoms with Gasteiger partial charge in [-0.3, -0.25) is 9.59 Å². The molecule has 1 amide bonds. The van der Waals surface area contributed by atoms with Gasteiger partial charge in [0.15, 0.2) is 15.6 Å². The first kappa shape index (κ1) is 54.7. The molecule has 0 saturated heterocycles. The summed E-state index contributed by atoms with van der Waals surface area (Å²) in [7, 11) is -3.57. The summed E-state index contributed by atoms with van der Waals surface area (Å²) >= 11 is 0.